The first-order valence-electron chi connectivity index (χ1n) is 14.7. The van der Waals surface area contributed by atoms with Gasteiger partial charge in [0.15, 0.2) is 0 Å². The SMILES string of the molecule is CCCCCCCCCCCCCCCCCCCc1ccc2c(c1)sc1c3ccccc3sc21. The Balaban J connectivity index is 1.03. The van der Waals surface area contributed by atoms with Crippen molar-refractivity contribution in [3.63, 3.8) is 0 Å². The lowest BCUT2D eigenvalue weighted by atomic mass is 10.0. The van der Waals surface area contributed by atoms with Gasteiger partial charge in [-0.3, -0.25) is 0 Å². The predicted molar refractivity (Wildman–Crippen MR) is 163 cm³/mol. The van der Waals surface area contributed by atoms with Gasteiger partial charge < -0.3 is 0 Å². The molecule has 0 bridgehead atoms. The van der Waals surface area contributed by atoms with Crippen LogP contribution in [0.2, 0.25) is 0 Å². The summed E-state index contributed by atoms with van der Waals surface area (Å²) in [6, 6.07) is 16.1. The highest BCUT2D eigenvalue weighted by molar-refractivity contribution is 7.36. The maximum atomic E-state index is 2.47. The smallest absolute Gasteiger partial charge is 0.0542 e. The van der Waals surface area contributed by atoms with E-state index in [2.05, 4.69) is 49.4 Å². The first-order chi connectivity index (χ1) is 17.4. The number of aryl methyl sites for hydroxylation is 1. The molecule has 2 aromatic heterocycles. The third-order valence-electron chi connectivity index (χ3n) is 7.62. The standard InChI is InChI=1S/C33H46S2/c1-2-3-4-5-6-7-8-9-10-11-12-13-14-15-16-17-18-21-27-24-25-29-31(26-27)35-32-28-22-19-20-23-30(28)34-33(29)32/h19-20,22-26H,2-18,21H2,1H3. The molecule has 0 nitrogen and oxygen atoms in total. The molecule has 0 atom stereocenters. The van der Waals surface area contributed by atoms with Crippen molar-refractivity contribution in [2.24, 2.45) is 0 Å². The molecule has 0 saturated heterocycles. The van der Waals surface area contributed by atoms with Crippen LogP contribution in [0.15, 0.2) is 42.5 Å². The molecule has 4 aromatic rings. The van der Waals surface area contributed by atoms with Crippen LogP contribution < -0.4 is 0 Å². The van der Waals surface area contributed by atoms with Crippen LogP contribution in [0.4, 0.5) is 0 Å². The third-order valence-corrected chi connectivity index (χ3v) is 10.1. The molecule has 0 unspecified atom stereocenters. The van der Waals surface area contributed by atoms with Gasteiger partial charge in [0, 0.05) is 20.2 Å². The van der Waals surface area contributed by atoms with Crippen LogP contribution in [-0.2, 0) is 6.42 Å². The highest BCUT2D eigenvalue weighted by atomic mass is 32.1. The summed E-state index contributed by atoms with van der Waals surface area (Å²) >= 11 is 3.94. The maximum Gasteiger partial charge on any atom is 0.0542 e. The monoisotopic (exact) mass is 506 g/mol. The van der Waals surface area contributed by atoms with Gasteiger partial charge in [-0.05, 0) is 30.5 Å². The molecule has 4 rings (SSSR count). The van der Waals surface area contributed by atoms with Crippen molar-refractivity contribution in [2.75, 3.05) is 0 Å². The molecule has 0 aliphatic heterocycles. The van der Waals surface area contributed by atoms with Gasteiger partial charge >= 0.3 is 0 Å². The van der Waals surface area contributed by atoms with E-state index in [0.717, 1.165) is 0 Å². The van der Waals surface area contributed by atoms with Crippen molar-refractivity contribution >= 4 is 52.2 Å². The maximum absolute atomic E-state index is 2.47. The van der Waals surface area contributed by atoms with Gasteiger partial charge in [-0.1, -0.05) is 140 Å². The number of benzene rings is 2. The number of thiophene rings is 2. The third kappa shape index (κ3) is 8.05. The number of rotatable bonds is 18. The second-order valence-corrected chi connectivity index (χ2v) is 12.7. The van der Waals surface area contributed by atoms with Crippen LogP contribution >= 0.6 is 22.7 Å². The lowest BCUT2D eigenvalue weighted by Gasteiger charge is -2.04. The summed E-state index contributed by atoms with van der Waals surface area (Å²) in [4.78, 5) is 0. The lowest BCUT2D eigenvalue weighted by Crippen LogP contribution is -1.86. The Labute approximate surface area is 222 Å². The van der Waals surface area contributed by atoms with E-state index >= 15 is 0 Å². The first-order valence-corrected chi connectivity index (χ1v) is 16.3. The molecule has 2 heterocycles. The fourth-order valence-electron chi connectivity index (χ4n) is 5.46. The lowest BCUT2D eigenvalue weighted by molar-refractivity contribution is 0.527. The van der Waals surface area contributed by atoms with Crippen molar-refractivity contribution in [3.05, 3.63) is 48.0 Å². The molecule has 2 aromatic carbocycles. The Kier molecular flexibility index (Phi) is 11.4. The second kappa shape index (κ2) is 15.0. The molecule has 0 aliphatic carbocycles. The van der Waals surface area contributed by atoms with E-state index in [9.17, 15) is 0 Å². The molecular formula is C33H46S2. The van der Waals surface area contributed by atoms with Crippen LogP contribution in [0.25, 0.3) is 29.6 Å². The molecule has 0 amide bonds. The van der Waals surface area contributed by atoms with Crippen LogP contribution in [-0.4, -0.2) is 0 Å². The average Bonchev–Trinajstić information content (AvgIpc) is 3.41. The van der Waals surface area contributed by atoms with E-state index in [-0.39, 0.29) is 0 Å². The summed E-state index contributed by atoms with van der Waals surface area (Å²) < 4.78 is 5.86. The molecule has 190 valence electrons. The van der Waals surface area contributed by atoms with E-state index in [4.69, 9.17) is 0 Å². The summed E-state index contributed by atoms with van der Waals surface area (Å²) in [6.07, 6.45) is 25.7. The Morgan fingerprint density at radius 1 is 0.486 bits per heavy atom. The number of unbranched alkanes of at least 4 members (excludes halogenated alkanes) is 16. The Hall–Kier alpha value is -1.38. The van der Waals surface area contributed by atoms with Gasteiger partial charge in [-0.2, -0.15) is 0 Å². The summed E-state index contributed by atoms with van der Waals surface area (Å²) in [5.74, 6) is 0. The highest BCUT2D eigenvalue weighted by Crippen LogP contribution is 2.44. The zero-order chi connectivity index (χ0) is 24.1. The van der Waals surface area contributed by atoms with Gasteiger partial charge in [0.25, 0.3) is 0 Å². The van der Waals surface area contributed by atoms with E-state index in [1.807, 2.05) is 22.7 Å². The van der Waals surface area contributed by atoms with Crippen molar-refractivity contribution in [1.29, 1.82) is 0 Å². The average molecular weight is 507 g/mol. The minimum absolute atomic E-state index is 1.24. The van der Waals surface area contributed by atoms with Crippen LogP contribution in [0.3, 0.4) is 0 Å². The molecule has 2 heteroatoms. The number of hydrogen-bond donors (Lipinski definition) is 0. The van der Waals surface area contributed by atoms with Gasteiger partial charge in [0.2, 0.25) is 0 Å². The van der Waals surface area contributed by atoms with Crippen molar-refractivity contribution in [2.45, 2.75) is 122 Å². The normalized spacial score (nSPS) is 11.9. The van der Waals surface area contributed by atoms with Crippen LogP contribution in [0.5, 0.6) is 0 Å². The molecule has 0 N–H and O–H groups in total. The van der Waals surface area contributed by atoms with Crippen LogP contribution in [0, 0.1) is 0 Å². The Morgan fingerprint density at radius 2 is 0.971 bits per heavy atom. The molecule has 0 saturated carbocycles. The summed E-state index contributed by atoms with van der Waals surface area (Å²) in [5.41, 5.74) is 1.52. The topological polar surface area (TPSA) is 0 Å². The van der Waals surface area contributed by atoms with E-state index < -0.39 is 0 Å². The summed E-state index contributed by atoms with van der Waals surface area (Å²) in [7, 11) is 0. The Morgan fingerprint density at radius 3 is 1.57 bits per heavy atom. The fraction of sp³-hybridized carbons (Fsp3) is 0.576. The van der Waals surface area contributed by atoms with E-state index in [1.54, 1.807) is 0 Å². The second-order valence-electron chi connectivity index (χ2n) is 10.6. The summed E-state index contributed by atoms with van der Waals surface area (Å²) in [5, 5.41) is 2.89. The predicted octanol–water partition coefficient (Wildman–Crippen LogP) is 12.5. The molecule has 0 fully saturated rings. The van der Waals surface area contributed by atoms with Gasteiger partial charge in [-0.25, -0.2) is 0 Å². The number of fused-ring (bicyclic) bond motifs is 5. The zero-order valence-electron chi connectivity index (χ0n) is 22.1. The number of hydrogen-bond acceptors (Lipinski definition) is 2. The minimum Gasteiger partial charge on any atom is -0.134 e. The summed E-state index contributed by atoms with van der Waals surface area (Å²) in [6.45, 7) is 2.30. The van der Waals surface area contributed by atoms with Crippen molar-refractivity contribution < 1.29 is 0 Å². The zero-order valence-corrected chi connectivity index (χ0v) is 23.7. The first kappa shape index (κ1) is 26.7. The van der Waals surface area contributed by atoms with Gasteiger partial charge in [0.05, 0.1) is 9.40 Å². The molecule has 0 aliphatic rings. The van der Waals surface area contributed by atoms with Gasteiger partial charge in [0.1, 0.15) is 0 Å². The van der Waals surface area contributed by atoms with Crippen molar-refractivity contribution in [3.8, 4) is 0 Å². The molecule has 0 spiro atoms. The quantitative estimate of drug-likeness (QED) is 0.118. The fourth-order valence-corrected chi connectivity index (χ4v) is 8.18. The minimum atomic E-state index is 1.24. The molecule has 35 heavy (non-hydrogen) atoms. The van der Waals surface area contributed by atoms with Crippen molar-refractivity contribution in [1.82, 2.24) is 0 Å². The Bertz CT molecular complexity index is 1130. The van der Waals surface area contributed by atoms with Gasteiger partial charge in [-0.15, -0.1) is 22.7 Å². The molecule has 0 radical (unpaired) electrons. The van der Waals surface area contributed by atoms with Crippen LogP contribution in [0.1, 0.15) is 122 Å². The molecular weight excluding hydrogens is 460 g/mol. The van der Waals surface area contributed by atoms with E-state index in [1.165, 1.54) is 151 Å². The highest BCUT2D eigenvalue weighted by Gasteiger charge is 2.11. The largest absolute Gasteiger partial charge is 0.134 e. The van der Waals surface area contributed by atoms with E-state index in [0.29, 0.717) is 0 Å².